The summed E-state index contributed by atoms with van der Waals surface area (Å²) in [6.07, 6.45) is 1.58. The lowest BCUT2D eigenvalue weighted by Gasteiger charge is -2.27. The van der Waals surface area contributed by atoms with Crippen molar-refractivity contribution in [3.63, 3.8) is 0 Å². The van der Waals surface area contributed by atoms with Crippen molar-refractivity contribution in [2.45, 2.75) is 31.6 Å². The monoisotopic (exact) mass is 376 g/mol. The summed E-state index contributed by atoms with van der Waals surface area (Å²) in [5.41, 5.74) is 0.783. The van der Waals surface area contributed by atoms with E-state index in [0.717, 1.165) is 19.4 Å². The number of methoxy groups -OCH3 is 1. The van der Waals surface area contributed by atoms with Gasteiger partial charge in [-0.15, -0.1) is 12.4 Å². The zero-order valence-corrected chi connectivity index (χ0v) is 15.7. The molecule has 8 heteroatoms. The number of halogens is 1. The Labute approximate surface area is 150 Å². The van der Waals surface area contributed by atoms with Crippen LogP contribution >= 0.6 is 12.4 Å². The summed E-state index contributed by atoms with van der Waals surface area (Å²) in [6.45, 7) is 3.97. The quantitative estimate of drug-likeness (QED) is 0.734. The van der Waals surface area contributed by atoms with Gasteiger partial charge in [-0.05, 0) is 31.0 Å². The van der Waals surface area contributed by atoms with E-state index in [1.807, 2.05) is 6.92 Å². The SMILES string of the molecule is CCCN(C1CCNC1)S(=O)(=O)Cc1ccccc1C(=O)OC.Cl. The largest absolute Gasteiger partial charge is 0.465 e. The van der Waals surface area contributed by atoms with Gasteiger partial charge in [-0.25, -0.2) is 13.2 Å². The van der Waals surface area contributed by atoms with Crippen LogP contribution in [0, 0.1) is 0 Å². The summed E-state index contributed by atoms with van der Waals surface area (Å²) in [6, 6.07) is 6.69. The van der Waals surface area contributed by atoms with Crippen LogP contribution in [-0.2, 0) is 20.5 Å². The fraction of sp³-hybridized carbons (Fsp3) is 0.562. The van der Waals surface area contributed by atoms with Crippen molar-refractivity contribution in [1.82, 2.24) is 9.62 Å². The number of rotatable bonds is 7. The Morgan fingerprint density at radius 3 is 2.67 bits per heavy atom. The highest BCUT2D eigenvalue weighted by Crippen LogP contribution is 2.20. The van der Waals surface area contributed by atoms with Crippen molar-refractivity contribution >= 4 is 28.4 Å². The predicted octanol–water partition coefficient (Wildman–Crippen LogP) is 1.80. The van der Waals surface area contributed by atoms with E-state index in [4.69, 9.17) is 4.74 Å². The van der Waals surface area contributed by atoms with Gasteiger partial charge in [0.2, 0.25) is 10.0 Å². The van der Waals surface area contributed by atoms with Gasteiger partial charge in [-0.3, -0.25) is 0 Å². The van der Waals surface area contributed by atoms with Crippen LogP contribution in [0.3, 0.4) is 0 Å². The zero-order valence-electron chi connectivity index (χ0n) is 14.0. The van der Waals surface area contributed by atoms with Crippen LogP contribution in [0.25, 0.3) is 0 Å². The van der Waals surface area contributed by atoms with Gasteiger partial charge in [-0.2, -0.15) is 4.31 Å². The van der Waals surface area contributed by atoms with Crippen LogP contribution < -0.4 is 5.32 Å². The van der Waals surface area contributed by atoms with Crippen LogP contribution in [0.2, 0.25) is 0 Å². The molecule has 1 aromatic rings. The highest BCUT2D eigenvalue weighted by atomic mass is 35.5. The van der Waals surface area contributed by atoms with Gasteiger partial charge in [0.05, 0.1) is 18.4 Å². The Morgan fingerprint density at radius 2 is 2.08 bits per heavy atom. The van der Waals surface area contributed by atoms with Crippen LogP contribution in [0.15, 0.2) is 24.3 Å². The second-order valence-corrected chi connectivity index (χ2v) is 7.58. The van der Waals surface area contributed by atoms with Crippen LogP contribution in [0.1, 0.15) is 35.7 Å². The van der Waals surface area contributed by atoms with Crippen LogP contribution in [-0.4, -0.2) is 51.5 Å². The molecule has 1 heterocycles. The third-order valence-corrected chi connectivity index (χ3v) is 5.87. The number of sulfonamides is 1. The molecule has 0 saturated carbocycles. The molecule has 6 nitrogen and oxygen atoms in total. The summed E-state index contributed by atoms with van der Waals surface area (Å²) < 4.78 is 32.1. The van der Waals surface area contributed by atoms with E-state index < -0.39 is 16.0 Å². The van der Waals surface area contributed by atoms with Gasteiger partial charge in [0, 0.05) is 19.1 Å². The molecule has 1 aromatic carbocycles. The van der Waals surface area contributed by atoms with Crippen LogP contribution in [0.4, 0.5) is 0 Å². The molecule has 0 aliphatic carbocycles. The number of esters is 1. The molecule has 0 bridgehead atoms. The van der Waals surface area contributed by atoms with E-state index in [2.05, 4.69) is 5.32 Å². The maximum absolute atomic E-state index is 12.9. The summed E-state index contributed by atoms with van der Waals surface area (Å²) in [7, 11) is -2.21. The fourth-order valence-corrected chi connectivity index (χ4v) is 4.79. The molecule has 2 rings (SSSR count). The molecule has 0 radical (unpaired) electrons. The summed E-state index contributed by atoms with van der Waals surface area (Å²) in [5.74, 6) is -0.699. The number of benzene rings is 1. The smallest absolute Gasteiger partial charge is 0.338 e. The summed E-state index contributed by atoms with van der Waals surface area (Å²) >= 11 is 0. The van der Waals surface area contributed by atoms with Crippen molar-refractivity contribution in [2.24, 2.45) is 0 Å². The molecule has 1 N–H and O–H groups in total. The lowest BCUT2D eigenvalue weighted by molar-refractivity contribution is 0.0600. The molecule has 0 aromatic heterocycles. The molecule has 1 atom stereocenters. The third-order valence-electron chi connectivity index (χ3n) is 4.00. The molecular weight excluding hydrogens is 352 g/mol. The molecule has 1 saturated heterocycles. The average Bonchev–Trinajstić information content (AvgIpc) is 3.05. The molecule has 1 unspecified atom stereocenters. The topological polar surface area (TPSA) is 75.7 Å². The molecule has 24 heavy (non-hydrogen) atoms. The first-order chi connectivity index (χ1) is 11.0. The molecule has 1 aliphatic heterocycles. The normalized spacial score (nSPS) is 17.5. The van der Waals surface area contributed by atoms with Crippen molar-refractivity contribution in [2.75, 3.05) is 26.7 Å². The molecule has 0 spiro atoms. The maximum Gasteiger partial charge on any atom is 0.338 e. The van der Waals surface area contributed by atoms with Gasteiger partial charge in [0.15, 0.2) is 0 Å². The Balaban J connectivity index is 0.00000288. The van der Waals surface area contributed by atoms with Gasteiger partial charge < -0.3 is 10.1 Å². The van der Waals surface area contributed by atoms with E-state index in [0.29, 0.717) is 24.2 Å². The Bertz CT molecular complexity index is 645. The van der Waals surface area contributed by atoms with Gasteiger partial charge in [-0.1, -0.05) is 25.1 Å². The number of nitrogens with zero attached hydrogens (tertiary/aromatic N) is 1. The fourth-order valence-electron chi connectivity index (χ4n) is 2.89. The summed E-state index contributed by atoms with van der Waals surface area (Å²) in [5, 5.41) is 3.21. The molecule has 1 aliphatic rings. The molecule has 1 fully saturated rings. The minimum Gasteiger partial charge on any atom is -0.465 e. The maximum atomic E-state index is 12.9. The van der Waals surface area contributed by atoms with Gasteiger partial charge in [0.1, 0.15) is 0 Å². The Kier molecular flexibility index (Phi) is 8.15. The highest BCUT2D eigenvalue weighted by molar-refractivity contribution is 7.88. The van der Waals surface area contributed by atoms with Crippen molar-refractivity contribution in [1.29, 1.82) is 0 Å². The first-order valence-corrected chi connectivity index (χ1v) is 9.47. The van der Waals surface area contributed by atoms with Gasteiger partial charge in [0.25, 0.3) is 0 Å². The Hall–Kier alpha value is -1.15. The van der Waals surface area contributed by atoms with E-state index >= 15 is 0 Å². The number of carbonyl (C=O) groups is 1. The number of hydrogen-bond donors (Lipinski definition) is 1. The van der Waals surface area contributed by atoms with E-state index in [1.165, 1.54) is 7.11 Å². The third kappa shape index (κ3) is 4.92. The number of carbonyl (C=O) groups excluding carboxylic acids is 1. The van der Waals surface area contributed by atoms with Crippen LogP contribution in [0.5, 0.6) is 0 Å². The Morgan fingerprint density at radius 1 is 1.38 bits per heavy atom. The second kappa shape index (κ2) is 9.36. The van der Waals surface area contributed by atoms with Crippen molar-refractivity contribution in [3.05, 3.63) is 35.4 Å². The molecule has 0 amide bonds. The minimum atomic E-state index is -3.50. The predicted molar refractivity (Wildman–Crippen MR) is 95.9 cm³/mol. The van der Waals surface area contributed by atoms with E-state index in [9.17, 15) is 13.2 Å². The number of hydrogen-bond acceptors (Lipinski definition) is 5. The van der Waals surface area contributed by atoms with E-state index in [-0.39, 0.29) is 24.2 Å². The lowest BCUT2D eigenvalue weighted by Crippen LogP contribution is -2.42. The standard InChI is InChI=1S/C16H24N2O4S.ClH/c1-3-10-18(14-8-9-17-11-14)23(20,21)12-13-6-4-5-7-15(13)16(19)22-2;/h4-7,14,17H,3,8-12H2,1-2H3;1H. The van der Waals surface area contributed by atoms with Crippen molar-refractivity contribution < 1.29 is 17.9 Å². The summed E-state index contributed by atoms with van der Waals surface area (Å²) in [4.78, 5) is 11.8. The first-order valence-electron chi connectivity index (χ1n) is 7.86. The average molecular weight is 377 g/mol. The molecular formula is C16H25ClN2O4S. The highest BCUT2D eigenvalue weighted by Gasteiger charge is 2.32. The zero-order chi connectivity index (χ0) is 16.9. The van der Waals surface area contributed by atoms with E-state index in [1.54, 1.807) is 28.6 Å². The second-order valence-electron chi connectivity index (χ2n) is 5.66. The minimum absolute atomic E-state index is 0. The first kappa shape index (κ1) is 20.9. The lowest BCUT2D eigenvalue weighted by atomic mass is 10.1. The van der Waals surface area contributed by atoms with Gasteiger partial charge >= 0.3 is 5.97 Å². The van der Waals surface area contributed by atoms with Crippen molar-refractivity contribution in [3.8, 4) is 0 Å². The molecule has 136 valence electrons. The number of ether oxygens (including phenoxy) is 1. The number of nitrogens with one attached hydrogen (secondary N) is 1.